The fraction of sp³-hybridized carbons (Fsp3) is 0.128. The number of aromatic nitrogens is 3. The van der Waals surface area contributed by atoms with Crippen LogP contribution in [0, 0.1) is 0 Å². The molecule has 7 aromatic carbocycles. The molecule has 0 aliphatic heterocycles. The van der Waals surface area contributed by atoms with E-state index in [-0.39, 0.29) is 10.8 Å². The topological polar surface area (TPSA) is 51.8 Å². The van der Waals surface area contributed by atoms with Crippen LogP contribution in [0.25, 0.3) is 88.8 Å². The van der Waals surface area contributed by atoms with Gasteiger partial charge in [0.1, 0.15) is 11.2 Å². The molecule has 0 amide bonds. The quantitative estimate of drug-likeness (QED) is 0.177. The summed E-state index contributed by atoms with van der Waals surface area (Å²) >= 11 is 0. The first kappa shape index (κ1) is 29.8. The zero-order valence-electron chi connectivity index (χ0n) is 29.0. The van der Waals surface area contributed by atoms with Gasteiger partial charge in [0.05, 0.1) is 0 Å². The molecule has 0 saturated carbocycles. The highest BCUT2D eigenvalue weighted by Gasteiger charge is 2.47. The smallest absolute Gasteiger partial charge is 0.164 e. The SMILES string of the molecule is CC1(C)c2cc(-c3nc(-c4ccccc4)nc(-c4ccc5c(c4)oc4ccccc45)n3)ccc2-c2ccc3c(ccc4ccccc43)c2C1(C)C. The van der Waals surface area contributed by atoms with Crippen LogP contribution in [0.2, 0.25) is 0 Å². The Labute approximate surface area is 296 Å². The number of rotatable bonds is 3. The number of nitrogens with zero attached hydrogens (tertiary/aromatic N) is 3. The van der Waals surface area contributed by atoms with Crippen molar-refractivity contribution in [2.45, 2.75) is 38.5 Å². The minimum absolute atomic E-state index is 0.169. The lowest BCUT2D eigenvalue weighted by molar-refractivity contribution is 0.301. The first-order chi connectivity index (χ1) is 24.8. The summed E-state index contributed by atoms with van der Waals surface area (Å²) in [6, 6.07) is 49.3. The Bertz CT molecular complexity index is 2860. The molecule has 244 valence electrons. The summed E-state index contributed by atoms with van der Waals surface area (Å²) < 4.78 is 6.25. The summed E-state index contributed by atoms with van der Waals surface area (Å²) in [5.74, 6) is 1.90. The fourth-order valence-electron chi connectivity index (χ4n) is 8.29. The Hall–Kier alpha value is -6.13. The van der Waals surface area contributed by atoms with Gasteiger partial charge < -0.3 is 4.42 Å². The van der Waals surface area contributed by atoms with Crippen molar-refractivity contribution in [1.82, 2.24) is 15.0 Å². The third kappa shape index (κ3) is 4.36. The number of furan rings is 1. The Kier molecular flexibility index (Phi) is 6.23. The molecule has 0 N–H and O–H groups in total. The summed E-state index contributed by atoms with van der Waals surface area (Å²) in [4.78, 5) is 15.3. The summed E-state index contributed by atoms with van der Waals surface area (Å²) in [7, 11) is 0. The molecule has 0 atom stereocenters. The molecule has 10 rings (SSSR count). The van der Waals surface area contributed by atoms with Crippen molar-refractivity contribution in [3.8, 4) is 45.3 Å². The van der Waals surface area contributed by atoms with Crippen LogP contribution >= 0.6 is 0 Å². The molecule has 0 bridgehead atoms. The molecule has 0 radical (unpaired) electrons. The van der Waals surface area contributed by atoms with Crippen LogP contribution in [0.1, 0.15) is 38.8 Å². The number of benzene rings is 7. The van der Waals surface area contributed by atoms with Crippen LogP contribution in [0.3, 0.4) is 0 Å². The zero-order valence-corrected chi connectivity index (χ0v) is 29.0. The number of hydrogen-bond donors (Lipinski definition) is 0. The van der Waals surface area contributed by atoms with E-state index in [2.05, 4.69) is 113 Å². The lowest BCUT2D eigenvalue weighted by Crippen LogP contribution is -2.43. The van der Waals surface area contributed by atoms with E-state index in [1.165, 1.54) is 43.8 Å². The van der Waals surface area contributed by atoms with Crippen molar-refractivity contribution < 1.29 is 4.42 Å². The maximum absolute atomic E-state index is 6.25. The maximum Gasteiger partial charge on any atom is 0.164 e. The van der Waals surface area contributed by atoms with E-state index < -0.39 is 0 Å². The van der Waals surface area contributed by atoms with Gasteiger partial charge in [-0.2, -0.15) is 0 Å². The second-order valence-electron chi connectivity index (χ2n) is 14.9. The van der Waals surface area contributed by atoms with Crippen molar-refractivity contribution in [3.05, 3.63) is 151 Å². The standard InChI is InChI=1S/C47H35N3O/c1-46(2)39-26-30(19-21-34(39)38-25-24-33-32-15-9-8-12-28(32)18-23-37(33)42(38)47(46,3)4)44-48-43(29-13-6-5-7-14-29)49-45(50-44)31-20-22-36-35-16-10-11-17-40(35)51-41(36)27-31/h5-27H,1-4H3. The van der Waals surface area contributed by atoms with Crippen molar-refractivity contribution in [2.24, 2.45) is 0 Å². The molecule has 2 aromatic heterocycles. The monoisotopic (exact) mass is 657 g/mol. The molecular weight excluding hydrogens is 623 g/mol. The van der Waals surface area contributed by atoms with E-state index in [1.54, 1.807) is 0 Å². The van der Waals surface area contributed by atoms with E-state index in [0.29, 0.717) is 17.5 Å². The molecule has 9 aromatic rings. The van der Waals surface area contributed by atoms with E-state index in [4.69, 9.17) is 19.4 Å². The van der Waals surface area contributed by atoms with Crippen molar-refractivity contribution in [1.29, 1.82) is 0 Å². The molecule has 1 aliphatic carbocycles. The summed E-state index contributed by atoms with van der Waals surface area (Å²) in [5, 5.41) is 7.38. The predicted octanol–water partition coefficient (Wildman–Crippen LogP) is 12.3. The average Bonchev–Trinajstić information content (AvgIpc) is 3.55. The van der Waals surface area contributed by atoms with Gasteiger partial charge in [0, 0.05) is 32.9 Å². The summed E-state index contributed by atoms with van der Waals surface area (Å²) in [6.07, 6.45) is 0. The van der Waals surface area contributed by atoms with Crippen LogP contribution in [-0.4, -0.2) is 15.0 Å². The Morgan fingerprint density at radius 2 is 1.00 bits per heavy atom. The average molecular weight is 658 g/mol. The molecule has 0 spiro atoms. The van der Waals surface area contributed by atoms with E-state index in [0.717, 1.165) is 38.6 Å². The van der Waals surface area contributed by atoms with Crippen LogP contribution < -0.4 is 0 Å². The lowest BCUT2D eigenvalue weighted by atomic mass is 9.54. The Morgan fingerprint density at radius 3 is 1.80 bits per heavy atom. The second-order valence-corrected chi connectivity index (χ2v) is 14.9. The van der Waals surface area contributed by atoms with Crippen LogP contribution in [-0.2, 0) is 10.8 Å². The highest BCUT2D eigenvalue weighted by molar-refractivity contribution is 6.11. The van der Waals surface area contributed by atoms with Gasteiger partial charge in [0.25, 0.3) is 0 Å². The van der Waals surface area contributed by atoms with Gasteiger partial charge in [0.2, 0.25) is 0 Å². The van der Waals surface area contributed by atoms with E-state index in [9.17, 15) is 0 Å². The summed E-state index contributed by atoms with van der Waals surface area (Å²) in [6.45, 7) is 9.57. The number of hydrogen-bond acceptors (Lipinski definition) is 4. The normalized spacial score (nSPS) is 14.6. The van der Waals surface area contributed by atoms with Crippen molar-refractivity contribution in [3.63, 3.8) is 0 Å². The highest BCUT2D eigenvalue weighted by atomic mass is 16.3. The van der Waals surface area contributed by atoms with Gasteiger partial charge in [-0.25, -0.2) is 15.0 Å². The predicted molar refractivity (Wildman–Crippen MR) is 210 cm³/mol. The molecule has 4 heteroatoms. The molecule has 1 aliphatic rings. The highest BCUT2D eigenvalue weighted by Crippen LogP contribution is 2.56. The molecular formula is C47H35N3O. The molecule has 4 nitrogen and oxygen atoms in total. The van der Waals surface area contributed by atoms with Gasteiger partial charge in [-0.05, 0) is 73.5 Å². The minimum atomic E-state index is -0.199. The van der Waals surface area contributed by atoms with Crippen LogP contribution in [0.5, 0.6) is 0 Å². The van der Waals surface area contributed by atoms with Crippen molar-refractivity contribution in [2.75, 3.05) is 0 Å². The Morgan fingerprint density at radius 1 is 0.412 bits per heavy atom. The number of fused-ring (bicyclic) bond motifs is 10. The molecule has 51 heavy (non-hydrogen) atoms. The largest absolute Gasteiger partial charge is 0.456 e. The van der Waals surface area contributed by atoms with Crippen LogP contribution in [0.4, 0.5) is 0 Å². The molecule has 0 saturated heterocycles. The Balaban J connectivity index is 1.16. The molecule has 0 fully saturated rings. The van der Waals surface area contributed by atoms with Gasteiger partial charge in [0.15, 0.2) is 17.5 Å². The minimum Gasteiger partial charge on any atom is -0.456 e. The van der Waals surface area contributed by atoms with Gasteiger partial charge in [-0.15, -0.1) is 0 Å². The van der Waals surface area contributed by atoms with E-state index in [1.807, 2.05) is 54.6 Å². The zero-order chi connectivity index (χ0) is 34.5. The molecule has 2 heterocycles. The van der Waals surface area contributed by atoms with Gasteiger partial charge in [-0.3, -0.25) is 0 Å². The van der Waals surface area contributed by atoms with Gasteiger partial charge in [-0.1, -0.05) is 143 Å². The maximum atomic E-state index is 6.25. The summed E-state index contributed by atoms with van der Waals surface area (Å²) in [5.41, 5.74) is 9.38. The first-order valence-electron chi connectivity index (χ1n) is 17.6. The fourth-order valence-corrected chi connectivity index (χ4v) is 8.29. The lowest BCUT2D eigenvalue weighted by Gasteiger charge is -2.49. The van der Waals surface area contributed by atoms with Crippen LogP contribution in [0.15, 0.2) is 144 Å². The third-order valence-corrected chi connectivity index (χ3v) is 11.7. The van der Waals surface area contributed by atoms with Gasteiger partial charge >= 0.3 is 0 Å². The number of para-hydroxylation sites is 1. The molecule has 0 unspecified atom stereocenters. The first-order valence-corrected chi connectivity index (χ1v) is 17.6. The van der Waals surface area contributed by atoms with E-state index >= 15 is 0 Å². The van der Waals surface area contributed by atoms with Crippen molar-refractivity contribution >= 4 is 43.5 Å². The second kappa shape index (κ2) is 10.7. The third-order valence-electron chi connectivity index (χ3n) is 11.7.